The number of hydrogen-bond acceptors (Lipinski definition) is 7. The highest BCUT2D eigenvalue weighted by molar-refractivity contribution is 7.89. The molecule has 2 unspecified atom stereocenters. The molecule has 2 fully saturated rings. The van der Waals surface area contributed by atoms with Crippen molar-refractivity contribution in [3.8, 4) is 5.75 Å². The molecule has 0 N–H and O–H groups in total. The Kier molecular flexibility index (Phi) is 7.50. The molecule has 0 radical (unpaired) electrons. The average Bonchev–Trinajstić information content (AvgIpc) is 3.63. The van der Waals surface area contributed by atoms with Gasteiger partial charge < -0.3 is 9.47 Å². The number of rotatable bonds is 8. The lowest BCUT2D eigenvalue weighted by Gasteiger charge is -2.29. The molecule has 0 spiro atoms. The SMILES string of the molecule is CCOc1ccc2nc(N(CC3CCCO3)C(=O)C3CCCN3S(=O)(=O)c3ccc(Cl)cc3)sc2c1. The maximum Gasteiger partial charge on any atom is 0.247 e. The molecule has 1 amide bonds. The molecule has 2 aromatic carbocycles. The van der Waals surface area contributed by atoms with E-state index in [1.807, 2.05) is 25.1 Å². The molecular weight excluding hydrogens is 522 g/mol. The smallest absolute Gasteiger partial charge is 0.247 e. The molecule has 0 aliphatic carbocycles. The molecule has 2 aliphatic rings. The average molecular weight is 550 g/mol. The third-order valence-corrected chi connectivity index (χ3v) is 9.69. The van der Waals surface area contributed by atoms with Gasteiger partial charge in [0.1, 0.15) is 11.8 Å². The zero-order valence-electron chi connectivity index (χ0n) is 19.9. The highest BCUT2D eigenvalue weighted by Crippen LogP contribution is 2.35. The number of carbonyl (C=O) groups excluding carboxylic acids is 1. The van der Waals surface area contributed by atoms with E-state index in [-0.39, 0.29) is 23.5 Å². The van der Waals surface area contributed by atoms with Crippen molar-refractivity contribution in [1.29, 1.82) is 0 Å². The molecule has 36 heavy (non-hydrogen) atoms. The van der Waals surface area contributed by atoms with Crippen LogP contribution in [0, 0.1) is 0 Å². The maximum atomic E-state index is 14.0. The van der Waals surface area contributed by atoms with Gasteiger partial charge in [-0.05, 0) is 75.1 Å². The Labute approximate surface area is 219 Å². The van der Waals surface area contributed by atoms with Crippen LogP contribution < -0.4 is 9.64 Å². The first-order chi connectivity index (χ1) is 17.4. The Bertz CT molecular complexity index is 1340. The largest absolute Gasteiger partial charge is 0.494 e. The van der Waals surface area contributed by atoms with Crippen molar-refractivity contribution in [3.63, 3.8) is 0 Å². The molecule has 5 rings (SSSR count). The number of sulfonamides is 1. The van der Waals surface area contributed by atoms with Gasteiger partial charge in [0.2, 0.25) is 15.9 Å². The summed E-state index contributed by atoms with van der Waals surface area (Å²) in [4.78, 5) is 20.5. The molecule has 2 atom stereocenters. The first-order valence-electron chi connectivity index (χ1n) is 12.1. The fraction of sp³-hybridized carbons (Fsp3) is 0.440. The number of thiazole rings is 1. The molecule has 11 heteroatoms. The Morgan fingerprint density at radius 1 is 1.22 bits per heavy atom. The van der Waals surface area contributed by atoms with Gasteiger partial charge in [-0.25, -0.2) is 13.4 Å². The van der Waals surface area contributed by atoms with Gasteiger partial charge in [-0.3, -0.25) is 9.69 Å². The summed E-state index contributed by atoms with van der Waals surface area (Å²) >= 11 is 7.36. The number of fused-ring (bicyclic) bond motifs is 1. The number of halogens is 1. The van der Waals surface area contributed by atoms with Gasteiger partial charge in [0.05, 0.1) is 34.4 Å². The van der Waals surface area contributed by atoms with Crippen LogP contribution >= 0.6 is 22.9 Å². The first kappa shape index (κ1) is 25.4. The van der Waals surface area contributed by atoms with Crippen LogP contribution in [0.1, 0.15) is 32.6 Å². The number of benzene rings is 2. The standard InChI is InChI=1S/C25H28ClN3O5S2/c1-2-33-18-9-12-21-23(15-18)35-25(27-21)28(16-19-5-4-14-34-19)24(30)22-6-3-13-29(22)36(31,32)20-10-7-17(26)8-11-20/h7-12,15,19,22H,2-6,13-14,16H2,1H3. The Morgan fingerprint density at radius 2 is 2.03 bits per heavy atom. The zero-order valence-corrected chi connectivity index (χ0v) is 22.3. The van der Waals surface area contributed by atoms with Crippen molar-refractivity contribution >= 4 is 54.2 Å². The summed E-state index contributed by atoms with van der Waals surface area (Å²) in [6.07, 6.45) is 2.73. The second-order valence-electron chi connectivity index (χ2n) is 8.87. The van der Waals surface area contributed by atoms with E-state index in [4.69, 9.17) is 26.1 Å². The number of nitrogens with zero attached hydrogens (tertiary/aromatic N) is 3. The maximum absolute atomic E-state index is 14.0. The van der Waals surface area contributed by atoms with Gasteiger partial charge in [-0.15, -0.1) is 0 Å². The number of anilines is 1. The molecule has 8 nitrogen and oxygen atoms in total. The Morgan fingerprint density at radius 3 is 2.75 bits per heavy atom. The van der Waals surface area contributed by atoms with E-state index in [0.29, 0.717) is 42.8 Å². The van der Waals surface area contributed by atoms with Crippen LogP contribution in [0.25, 0.3) is 10.2 Å². The summed E-state index contributed by atoms with van der Waals surface area (Å²) in [5, 5.41) is 0.990. The van der Waals surface area contributed by atoms with Crippen molar-refractivity contribution < 1.29 is 22.7 Å². The summed E-state index contributed by atoms with van der Waals surface area (Å²) in [7, 11) is -3.87. The topological polar surface area (TPSA) is 89.0 Å². The first-order valence-corrected chi connectivity index (χ1v) is 14.7. The molecule has 2 saturated heterocycles. The minimum atomic E-state index is -3.87. The molecule has 3 heterocycles. The number of ether oxygens (including phenoxy) is 2. The minimum Gasteiger partial charge on any atom is -0.494 e. The van der Waals surface area contributed by atoms with E-state index in [1.165, 1.54) is 27.8 Å². The summed E-state index contributed by atoms with van der Waals surface area (Å²) in [5.74, 6) is 0.470. The summed E-state index contributed by atoms with van der Waals surface area (Å²) in [6, 6.07) is 10.9. The van der Waals surface area contributed by atoms with E-state index in [0.717, 1.165) is 28.8 Å². The summed E-state index contributed by atoms with van der Waals surface area (Å²) in [6.45, 7) is 3.76. The fourth-order valence-corrected chi connectivity index (χ4v) is 7.50. The predicted octanol–water partition coefficient (Wildman–Crippen LogP) is 4.71. The van der Waals surface area contributed by atoms with Crippen molar-refractivity contribution in [2.45, 2.75) is 49.6 Å². The van der Waals surface area contributed by atoms with Gasteiger partial charge in [-0.1, -0.05) is 22.9 Å². The van der Waals surface area contributed by atoms with Gasteiger partial charge in [0.15, 0.2) is 5.13 Å². The molecule has 192 valence electrons. The van der Waals surface area contributed by atoms with E-state index < -0.39 is 16.1 Å². The fourth-order valence-electron chi connectivity index (χ4n) is 4.72. The highest BCUT2D eigenvalue weighted by Gasteiger charge is 2.42. The Balaban J connectivity index is 1.47. The normalized spacial score (nSPS) is 20.7. The second kappa shape index (κ2) is 10.6. The predicted molar refractivity (Wildman–Crippen MR) is 140 cm³/mol. The second-order valence-corrected chi connectivity index (χ2v) is 12.2. The van der Waals surface area contributed by atoms with Gasteiger partial charge in [0.25, 0.3) is 0 Å². The summed E-state index contributed by atoms with van der Waals surface area (Å²) in [5.41, 5.74) is 0.764. The lowest BCUT2D eigenvalue weighted by molar-refractivity contribution is -0.122. The molecule has 0 saturated carbocycles. The number of carbonyl (C=O) groups is 1. The third kappa shape index (κ3) is 5.10. The monoisotopic (exact) mass is 549 g/mol. The number of hydrogen-bond donors (Lipinski definition) is 0. The third-order valence-electron chi connectivity index (χ3n) is 6.48. The van der Waals surface area contributed by atoms with Crippen LogP contribution in [0.2, 0.25) is 5.02 Å². The molecule has 1 aromatic heterocycles. The van der Waals surface area contributed by atoms with Crippen LogP contribution in [0.5, 0.6) is 5.75 Å². The van der Waals surface area contributed by atoms with E-state index in [1.54, 1.807) is 17.0 Å². The van der Waals surface area contributed by atoms with Crippen LogP contribution in [0.15, 0.2) is 47.4 Å². The minimum absolute atomic E-state index is 0.109. The lowest BCUT2D eigenvalue weighted by atomic mass is 10.2. The van der Waals surface area contributed by atoms with Crippen LogP contribution in [-0.4, -0.2) is 62.1 Å². The van der Waals surface area contributed by atoms with Crippen molar-refractivity contribution in [1.82, 2.24) is 9.29 Å². The van der Waals surface area contributed by atoms with Crippen molar-refractivity contribution in [2.75, 3.05) is 31.2 Å². The lowest BCUT2D eigenvalue weighted by Crippen LogP contribution is -2.49. The van der Waals surface area contributed by atoms with Gasteiger partial charge in [-0.2, -0.15) is 4.31 Å². The molecule has 3 aromatic rings. The van der Waals surface area contributed by atoms with E-state index in [9.17, 15) is 13.2 Å². The van der Waals surface area contributed by atoms with Crippen molar-refractivity contribution in [2.24, 2.45) is 0 Å². The van der Waals surface area contributed by atoms with Gasteiger partial charge >= 0.3 is 0 Å². The molecular formula is C25H28ClN3O5S2. The van der Waals surface area contributed by atoms with E-state index in [2.05, 4.69) is 0 Å². The van der Waals surface area contributed by atoms with Crippen LogP contribution in [0.4, 0.5) is 5.13 Å². The number of amides is 1. The molecule has 2 aliphatic heterocycles. The zero-order chi connectivity index (χ0) is 25.3. The number of aromatic nitrogens is 1. The van der Waals surface area contributed by atoms with Gasteiger partial charge in [0, 0.05) is 18.2 Å². The highest BCUT2D eigenvalue weighted by atomic mass is 35.5. The quantitative estimate of drug-likeness (QED) is 0.404. The Hall–Kier alpha value is -2.24. The molecule has 0 bridgehead atoms. The van der Waals surface area contributed by atoms with Crippen molar-refractivity contribution in [3.05, 3.63) is 47.5 Å². The van der Waals surface area contributed by atoms with Crippen LogP contribution in [0.3, 0.4) is 0 Å². The summed E-state index contributed by atoms with van der Waals surface area (Å²) < 4.78 is 40.6. The van der Waals surface area contributed by atoms with E-state index >= 15 is 0 Å². The van der Waals surface area contributed by atoms with Crippen LogP contribution in [-0.2, 0) is 19.6 Å².